The number of hydrogen-bond acceptors (Lipinski definition) is 23. The van der Waals surface area contributed by atoms with Gasteiger partial charge in [-0.15, -0.1) is 0 Å². The monoisotopic (exact) mass is 960 g/mol. The Labute approximate surface area is 386 Å². The summed E-state index contributed by atoms with van der Waals surface area (Å²) in [7, 11) is 2.27. The molecular formula is C44H64O23. The van der Waals surface area contributed by atoms with Crippen LogP contribution in [0.2, 0.25) is 0 Å². The number of aliphatic hydroxyl groups excluding tert-OH is 9. The van der Waals surface area contributed by atoms with Gasteiger partial charge in [0.05, 0.1) is 70.6 Å². The van der Waals surface area contributed by atoms with Gasteiger partial charge in [0, 0.05) is 35.5 Å². The van der Waals surface area contributed by atoms with Gasteiger partial charge in [0.15, 0.2) is 12.6 Å². The minimum Gasteiger partial charge on any atom is -0.468 e. The smallest absolute Gasteiger partial charge is 0.337 e. The summed E-state index contributed by atoms with van der Waals surface area (Å²) in [6.07, 6.45) is -15.2. The molecule has 3 fully saturated rings. The lowest BCUT2D eigenvalue weighted by atomic mass is 9.83. The normalized spacial score (nSPS) is 39.3. The van der Waals surface area contributed by atoms with Crippen LogP contribution in [-0.2, 0) is 66.5 Å². The van der Waals surface area contributed by atoms with Crippen molar-refractivity contribution in [3.8, 4) is 0 Å². The number of ether oxygens (including phenoxy) is 10. The first kappa shape index (κ1) is 53.9. The van der Waals surface area contributed by atoms with Crippen molar-refractivity contribution < 1.29 is 113 Å². The molecule has 378 valence electrons. The van der Waals surface area contributed by atoms with E-state index in [-0.39, 0.29) is 53.8 Å². The summed E-state index contributed by atoms with van der Waals surface area (Å²) in [4.78, 5) is 53.4. The first-order valence-electron chi connectivity index (χ1n) is 22.0. The van der Waals surface area contributed by atoms with Crippen molar-refractivity contribution in [3.05, 3.63) is 47.0 Å². The van der Waals surface area contributed by atoms with Crippen LogP contribution in [0.25, 0.3) is 0 Å². The quantitative estimate of drug-likeness (QED) is 0.0421. The predicted octanol–water partition coefficient (Wildman–Crippen LogP) is -2.29. The van der Waals surface area contributed by atoms with Crippen LogP contribution in [0.15, 0.2) is 47.0 Å². The summed E-state index contributed by atoms with van der Waals surface area (Å²) in [5.41, 5.74) is 0.291. The number of esters is 4. The molecule has 0 aromatic heterocycles. The van der Waals surface area contributed by atoms with Gasteiger partial charge in [0.25, 0.3) is 0 Å². The fraction of sp³-hybridized carbons (Fsp3) is 0.727. The number of rotatable bonds is 17. The topological polar surface area (TPSA) is 343 Å². The van der Waals surface area contributed by atoms with Crippen molar-refractivity contribution in [2.24, 2.45) is 35.5 Å². The Kier molecular flexibility index (Phi) is 19.3. The van der Waals surface area contributed by atoms with Crippen LogP contribution < -0.4 is 0 Å². The first-order valence-corrected chi connectivity index (χ1v) is 22.0. The van der Waals surface area contributed by atoms with Crippen LogP contribution in [0.5, 0.6) is 0 Å². The minimum atomic E-state index is -1.78. The second-order valence-electron chi connectivity index (χ2n) is 17.1. The zero-order chi connectivity index (χ0) is 49.4. The van der Waals surface area contributed by atoms with Crippen LogP contribution in [0.4, 0.5) is 0 Å². The van der Waals surface area contributed by atoms with Crippen LogP contribution in [0.1, 0.15) is 47.0 Å². The van der Waals surface area contributed by atoms with Gasteiger partial charge in [-0.1, -0.05) is 26.0 Å². The highest BCUT2D eigenvalue weighted by molar-refractivity contribution is 5.91. The molecule has 1 aliphatic carbocycles. The number of allylic oxidation sites excluding steroid dienone is 2. The summed E-state index contributed by atoms with van der Waals surface area (Å²) in [6, 6.07) is 0. The lowest BCUT2D eigenvalue weighted by Crippen LogP contribution is -2.60. The van der Waals surface area contributed by atoms with E-state index >= 15 is 0 Å². The van der Waals surface area contributed by atoms with E-state index in [0.29, 0.717) is 0 Å². The molecule has 1 saturated carbocycles. The van der Waals surface area contributed by atoms with E-state index in [4.69, 9.17) is 47.4 Å². The second kappa shape index (κ2) is 24.0. The van der Waals surface area contributed by atoms with Crippen molar-refractivity contribution in [2.45, 2.75) is 127 Å². The van der Waals surface area contributed by atoms with Gasteiger partial charge in [-0.3, -0.25) is 9.59 Å². The van der Waals surface area contributed by atoms with Gasteiger partial charge in [-0.25, -0.2) is 9.59 Å². The average Bonchev–Trinajstić information content (AvgIpc) is 3.63. The van der Waals surface area contributed by atoms with E-state index in [9.17, 15) is 65.1 Å². The Morgan fingerprint density at radius 1 is 0.701 bits per heavy atom. The van der Waals surface area contributed by atoms with E-state index in [1.807, 2.05) is 0 Å². The van der Waals surface area contributed by atoms with Crippen molar-refractivity contribution in [2.75, 3.05) is 40.6 Å². The number of methoxy groups -OCH3 is 2. The van der Waals surface area contributed by atoms with Gasteiger partial charge >= 0.3 is 23.9 Å². The molecule has 0 radical (unpaired) electrons. The first-order chi connectivity index (χ1) is 31.9. The van der Waals surface area contributed by atoms with Crippen LogP contribution in [-0.4, -0.2) is 191 Å². The van der Waals surface area contributed by atoms with Crippen LogP contribution in [0.3, 0.4) is 0 Å². The van der Waals surface area contributed by atoms with Gasteiger partial charge < -0.3 is 93.3 Å². The average molecular weight is 961 g/mol. The molecular weight excluding hydrogens is 896 g/mol. The summed E-state index contributed by atoms with van der Waals surface area (Å²) < 4.78 is 55.7. The Morgan fingerprint density at radius 2 is 1.15 bits per heavy atom. The van der Waals surface area contributed by atoms with Crippen LogP contribution in [0, 0.1) is 35.5 Å². The molecule has 0 amide bonds. The Morgan fingerprint density at radius 3 is 1.55 bits per heavy atom. The van der Waals surface area contributed by atoms with Crippen molar-refractivity contribution in [1.82, 2.24) is 0 Å². The number of carbonyl (C=O) groups is 4. The zero-order valence-corrected chi connectivity index (χ0v) is 38.0. The zero-order valence-electron chi connectivity index (χ0n) is 38.0. The lowest BCUT2D eigenvalue weighted by Gasteiger charge is -2.42. The van der Waals surface area contributed by atoms with Gasteiger partial charge in [0.2, 0.25) is 12.6 Å². The van der Waals surface area contributed by atoms with Crippen LogP contribution >= 0.6 is 0 Å². The fourth-order valence-electron chi connectivity index (χ4n) is 9.19. The molecule has 4 aliphatic heterocycles. The third-order valence-electron chi connectivity index (χ3n) is 13.3. The summed E-state index contributed by atoms with van der Waals surface area (Å²) in [5.74, 6) is -6.83. The molecule has 0 unspecified atom stereocenters. The van der Waals surface area contributed by atoms with Crippen molar-refractivity contribution in [3.63, 3.8) is 0 Å². The molecule has 0 spiro atoms. The highest BCUT2D eigenvalue weighted by Gasteiger charge is 2.50. The van der Waals surface area contributed by atoms with E-state index in [2.05, 4.69) is 0 Å². The highest BCUT2D eigenvalue weighted by Crippen LogP contribution is 2.44. The molecule has 2 saturated heterocycles. The lowest BCUT2D eigenvalue weighted by molar-refractivity contribution is -0.327. The molecule has 4 heterocycles. The molecule has 0 bridgehead atoms. The Hall–Kier alpha value is -4.08. The standard InChI is InChI=1S/C44H64O23/c1-7-20-23(26(39(56)58-5)16-61-41(20)66-43-37(54)35(52)33(50)29(13-46)64-43)10-31(48)60-15-25-19(4)28(9-22(25)18(3)12-45)63-32(49)11-24-21(8-2)42(62-17-27(24)40(57)59-6)67-44-38(55)36(53)34(51)30(14-47)65-44/h7-8,16-19,22-25,28-30,33-38,41-47,50-55H,9-15H2,1-6H3/b20-7+,21-8+/t18-,19+,22-,23-,24-,25+,28-,29+,30+,33+,34+,35-,36-,37+,38+,41-,42-,43-,44-/m0/s1. The maximum atomic E-state index is 13.9. The Bertz CT molecular complexity index is 1840. The molecule has 0 aromatic rings. The van der Waals surface area contributed by atoms with Gasteiger partial charge in [0.1, 0.15) is 54.9 Å². The SMILES string of the molecule is C/C=C1/[C@H](O[C@@H]2O[C@H](CO)[C@@H](O)[C@H](O)[C@H]2O)OC=C(C(=O)OC)[C@H]1CC(=O)OC[C@@H]1[C@@H](C)[C@@H](OC(=O)C[C@@H]2C(C(=O)OC)=CO[C@@H](O[C@@H]3O[C@H](CO)[C@@H](O)[C@H](O)[C@H]3O)/C2=C/C)C[C@H]1[C@@H](C)CO. The number of hydrogen-bond donors (Lipinski definition) is 9. The maximum Gasteiger partial charge on any atom is 0.337 e. The number of carbonyl (C=O) groups excluding carboxylic acids is 4. The van der Waals surface area contributed by atoms with Gasteiger partial charge in [-0.2, -0.15) is 0 Å². The molecule has 19 atom stereocenters. The van der Waals surface area contributed by atoms with Gasteiger partial charge in [-0.05, 0) is 38.0 Å². The molecule has 5 aliphatic rings. The largest absolute Gasteiger partial charge is 0.468 e. The highest BCUT2D eigenvalue weighted by atomic mass is 16.8. The third-order valence-corrected chi connectivity index (χ3v) is 13.3. The van der Waals surface area contributed by atoms with E-state index in [1.165, 1.54) is 12.2 Å². The van der Waals surface area contributed by atoms with Crippen molar-refractivity contribution >= 4 is 23.9 Å². The molecule has 0 aromatic carbocycles. The van der Waals surface area contributed by atoms with E-state index < -0.39 is 154 Å². The summed E-state index contributed by atoms with van der Waals surface area (Å²) in [5, 5.41) is 91.7. The second-order valence-corrected chi connectivity index (χ2v) is 17.1. The molecule has 9 N–H and O–H groups in total. The molecule has 23 heteroatoms. The predicted molar refractivity (Wildman–Crippen MR) is 221 cm³/mol. The third kappa shape index (κ3) is 11.9. The van der Waals surface area contributed by atoms with E-state index in [0.717, 1.165) is 26.7 Å². The van der Waals surface area contributed by atoms with E-state index in [1.54, 1.807) is 27.7 Å². The fourth-order valence-corrected chi connectivity index (χ4v) is 9.19. The van der Waals surface area contributed by atoms with Crippen molar-refractivity contribution in [1.29, 1.82) is 0 Å². The minimum absolute atomic E-state index is 0.0696. The maximum absolute atomic E-state index is 13.9. The molecule has 5 rings (SSSR count). The summed E-state index contributed by atoms with van der Waals surface area (Å²) in [6.45, 7) is 4.89. The molecule has 23 nitrogen and oxygen atoms in total. The summed E-state index contributed by atoms with van der Waals surface area (Å²) >= 11 is 0. The number of aliphatic hydroxyl groups is 9. The molecule has 67 heavy (non-hydrogen) atoms. The Balaban J connectivity index is 1.27.